The number of carbonyl (C=O) groups excluding carboxylic acids is 2. The number of nitrogens with zero attached hydrogens (tertiary/aromatic N) is 2. The summed E-state index contributed by atoms with van der Waals surface area (Å²) < 4.78 is 6.59. The first-order valence-electron chi connectivity index (χ1n) is 8.15. The van der Waals surface area contributed by atoms with Crippen LogP contribution in [0.2, 0.25) is 0 Å². The smallest absolute Gasteiger partial charge is 0.328 e. The number of piperidine rings is 1. The van der Waals surface area contributed by atoms with Gasteiger partial charge in [-0.1, -0.05) is 13.8 Å². The second-order valence-corrected chi connectivity index (χ2v) is 6.36. The van der Waals surface area contributed by atoms with Crippen molar-refractivity contribution >= 4 is 24.3 Å². The maximum absolute atomic E-state index is 12.3. The first-order chi connectivity index (χ1) is 11.0. The van der Waals surface area contributed by atoms with Crippen LogP contribution < -0.4 is 10.6 Å². The lowest BCUT2D eigenvalue weighted by molar-refractivity contribution is -0.143. The van der Waals surface area contributed by atoms with E-state index in [0.29, 0.717) is 12.1 Å². The van der Waals surface area contributed by atoms with Crippen molar-refractivity contribution in [3.8, 4) is 0 Å². The molecule has 1 aliphatic heterocycles. The highest BCUT2D eigenvalue weighted by Crippen LogP contribution is 2.16. The summed E-state index contributed by atoms with van der Waals surface area (Å²) in [6.07, 6.45) is 4.51. The minimum atomic E-state index is -0.644. The molecule has 136 valence electrons. The van der Waals surface area contributed by atoms with Crippen LogP contribution in [0, 0.1) is 5.92 Å². The first kappa shape index (κ1) is 20.4. The lowest BCUT2D eigenvalue weighted by atomic mass is 10.0. The number of ether oxygens (including phenoxy) is 1. The van der Waals surface area contributed by atoms with E-state index in [9.17, 15) is 9.59 Å². The summed E-state index contributed by atoms with van der Waals surface area (Å²) in [5.41, 5.74) is 0.327. The minimum absolute atomic E-state index is 0. The van der Waals surface area contributed by atoms with Crippen molar-refractivity contribution in [1.29, 1.82) is 0 Å². The number of rotatable bonds is 6. The molecule has 1 fully saturated rings. The first-order valence-corrected chi connectivity index (χ1v) is 8.15. The number of aromatic nitrogens is 2. The van der Waals surface area contributed by atoms with E-state index in [1.54, 1.807) is 6.07 Å². The number of hydrogen-bond donors (Lipinski definition) is 2. The van der Waals surface area contributed by atoms with Gasteiger partial charge in [-0.25, -0.2) is 4.79 Å². The molecule has 0 bridgehead atoms. The highest BCUT2D eigenvalue weighted by molar-refractivity contribution is 5.95. The maximum Gasteiger partial charge on any atom is 0.328 e. The van der Waals surface area contributed by atoms with Crippen LogP contribution >= 0.6 is 12.4 Å². The molecule has 2 rings (SSSR count). The number of halogens is 1. The zero-order chi connectivity index (χ0) is 16.8. The molecule has 2 N–H and O–H groups in total. The van der Waals surface area contributed by atoms with Crippen molar-refractivity contribution in [2.24, 2.45) is 5.92 Å². The van der Waals surface area contributed by atoms with Crippen LogP contribution in [-0.2, 0) is 9.53 Å². The van der Waals surface area contributed by atoms with Crippen LogP contribution in [0.3, 0.4) is 0 Å². The monoisotopic (exact) mass is 358 g/mol. The maximum atomic E-state index is 12.3. The Balaban J connectivity index is 0.00000288. The molecule has 7 nitrogen and oxygen atoms in total. The normalized spacial score (nSPS) is 18.6. The zero-order valence-electron chi connectivity index (χ0n) is 14.4. The number of esters is 1. The molecule has 1 saturated heterocycles. The van der Waals surface area contributed by atoms with Gasteiger partial charge in [0.15, 0.2) is 0 Å². The van der Waals surface area contributed by atoms with Gasteiger partial charge in [-0.3, -0.25) is 9.48 Å². The van der Waals surface area contributed by atoms with Crippen molar-refractivity contribution in [3.63, 3.8) is 0 Å². The summed E-state index contributed by atoms with van der Waals surface area (Å²) in [5, 5.41) is 10.4. The Morgan fingerprint density at radius 1 is 1.50 bits per heavy atom. The summed E-state index contributed by atoms with van der Waals surface area (Å²) in [7, 11) is 1.33. The SMILES string of the molecule is COC(=O)C(CC(C)C)NC(=O)c1ccn(C2CCCNC2)n1.Cl. The lowest BCUT2D eigenvalue weighted by Gasteiger charge is -2.23. The van der Waals surface area contributed by atoms with E-state index >= 15 is 0 Å². The van der Waals surface area contributed by atoms with E-state index in [1.807, 2.05) is 24.7 Å². The number of hydrogen-bond acceptors (Lipinski definition) is 5. The van der Waals surface area contributed by atoms with Crippen molar-refractivity contribution in [1.82, 2.24) is 20.4 Å². The molecule has 0 radical (unpaired) electrons. The quantitative estimate of drug-likeness (QED) is 0.753. The highest BCUT2D eigenvalue weighted by Gasteiger charge is 2.24. The Morgan fingerprint density at radius 2 is 2.25 bits per heavy atom. The molecular formula is C16H27ClN4O3. The summed E-state index contributed by atoms with van der Waals surface area (Å²) in [4.78, 5) is 24.1. The molecule has 0 aliphatic carbocycles. The number of nitrogens with one attached hydrogen (secondary N) is 2. The molecule has 1 amide bonds. The van der Waals surface area contributed by atoms with E-state index in [0.717, 1.165) is 25.9 Å². The fraction of sp³-hybridized carbons (Fsp3) is 0.688. The van der Waals surface area contributed by atoms with Crippen molar-refractivity contribution in [2.75, 3.05) is 20.2 Å². The van der Waals surface area contributed by atoms with E-state index in [1.165, 1.54) is 7.11 Å². The average molecular weight is 359 g/mol. The Kier molecular flexibility index (Phi) is 8.21. The molecule has 1 aromatic rings. The fourth-order valence-corrected chi connectivity index (χ4v) is 2.78. The van der Waals surface area contributed by atoms with E-state index < -0.39 is 12.0 Å². The predicted molar refractivity (Wildman–Crippen MR) is 93.3 cm³/mol. The fourth-order valence-electron chi connectivity index (χ4n) is 2.78. The Bertz CT molecular complexity index is 541. The standard InChI is InChI=1S/C16H26N4O3.ClH/c1-11(2)9-14(16(22)23-3)18-15(21)13-6-8-20(19-13)12-5-4-7-17-10-12;/h6,8,11-12,14,17H,4-5,7,9-10H2,1-3H3,(H,18,21);1H. The molecule has 2 heterocycles. The summed E-state index contributed by atoms with van der Waals surface area (Å²) >= 11 is 0. The molecule has 2 unspecified atom stereocenters. The highest BCUT2D eigenvalue weighted by atomic mass is 35.5. The van der Waals surface area contributed by atoms with Crippen molar-refractivity contribution < 1.29 is 14.3 Å². The molecule has 0 aromatic carbocycles. The molecule has 0 saturated carbocycles. The second-order valence-electron chi connectivity index (χ2n) is 6.36. The summed E-state index contributed by atoms with van der Waals surface area (Å²) in [6.45, 7) is 5.88. The van der Waals surface area contributed by atoms with E-state index in [4.69, 9.17) is 4.74 Å². The molecular weight excluding hydrogens is 332 g/mol. The van der Waals surface area contributed by atoms with Crippen molar-refractivity contribution in [2.45, 2.75) is 45.2 Å². The van der Waals surface area contributed by atoms with Gasteiger partial charge < -0.3 is 15.4 Å². The van der Waals surface area contributed by atoms with Gasteiger partial charge in [0.05, 0.1) is 13.2 Å². The average Bonchev–Trinajstić information content (AvgIpc) is 3.04. The third kappa shape index (κ3) is 5.49. The van der Waals surface area contributed by atoms with Gasteiger partial charge in [-0.2, -0.15) is 5.10 Å². The van der Waals surface area contributed by atoms with Gasteiger partial charge >= 0.3 is 5.97 Å². The van der Waals surface area contributed by atoms with Gasteiger partial charge in [0.2, 0.25) is 0 Å². The predicted octanol–water partition coefficient (Wildman–Crippen LogP) is 1.55. The van der Waals surface area contributed by atoms with Crippen LogP contribution in [0.5, 0.6) is 0 Å². The topological polar surface area (TPSA) is 85.2 Å². The van der Waals surface area contributed by atoms with E-state index in [-0.39, 0.29) is 30.3 Å². The van der Waals surface area contributed by atoms with Crippen LogP contribution in [0.1, 0.15) is 49.6 Å². The van der Waals surface area contributed by atoms with Crippen LogP contribution in [0.4, 0.5) is 0 Å². The van der Waals surface area contributed by atoms with Gasteiger partial charge in [-0.15, -0.1) is 12.4 Å². The van der Waals surface area contributed by atoms with Gasteiger partial charge in [0.25, 0.3) is 5.91 Å². The molecule has 0 spiro atoms. The van der Waals surface area contributed by atoms with Crippen LogP contribution in [0.25, 0.3) is 0 Å². The zero-order valence-corrected chi connectivity index (χ0v) is 15.3. The molecule has 8 heteroatoms. The minimum Gasteiger partial charge on any atom is -0.467 e. The number of carbonyl (C=O) groups is 2. The van der Waals surface area contributed by atoms with Crippen LogP contribution in [-0.4, -0.2) is 47.9 Å². The molecule has 24 heavy (non-hydrogen) atoms. The number of methoxy groups -OCH3 is 1. The molecule has 1 aliphatic rings. The van der Waals surface area contributed by atoms with Gasteiger partial charge in [-0.05, 0) is 37.8 Å². The summed E-state index contributed by atoms with van der Waals surface area (Å²) in [6, 6.07) is 1.32. The Labute approximate surface area is 148 Å². The molecule has 2 atom stereocenters. The Morgan fingerprint density at radius 3 is 2.83 bits per heavy atom. The second kappa shape index (κ2) is 9.64. The summed E-state index contributed by atoms with van der Waals surface area (Å²) in [5.74, 6) is -0.503. The number of amides is 1. The largest absolute Gasteiger partial charge is 0.467 e. The van der Waals surface area contributed by atoms with Crippen LogP contribution in [0.15, 0.2) is 12.3 Å². The third-order valence-corrected chi connectivity index (χ3v) is 3.98. The van der Waals surface area contributed by atoms with Gasteiger partial charge in [0.1, 0.15) is 11.7 Å². The van der Waals surface area contributed by atoms with Gasteiger partial charge in [0, 0.05) is 12.7 Å². The van der Waals surface area contributed by atoms with Crippen molar-refractivity contribution in [3.05, 3.63) is 18.0 Å². The Hall–Kier alpha value is -1.60. The van der Waals surface area contributed by atoms with E-state index in [2.05, 4.69) is 15.7 Å². The molecule has 1 aromatic heterocycles. The lowest BCUT2D eigenvalue weighted by Crippen LogP contribution is -2.42. The third-order valence-electron chi connectivity index (χ3n) is 3.98.